The fourth-order valence-corrected chi connectivity index (χ4v) is 2.74. The number of carbonyl (C=O) groups excluding carboxylic acids is 1. The topological polar surface area (TPSA) is 26.3 Å². The first-order valence-corrected chi connectivity index (χ1v) is 7.83. The minimum absolute atomic E-state index is 0.0468. The molecule has 2 nitrogen and oxygen atoms in total. The number of carbonyl (C=O) groups is 1. The summed E-state index contributed by atoms with van der Waals surface area (Å²) >= 11 is 1.33. The third-order valence-corrected chi connectivity index (χ3v) is 3.82. The molecule has 21 heavy (non-hydrogen) atoms. The van der Waals surface area contributed by atoms with Gasteiger partial charge >= 0.3 is 0 Å². The molecule has 0 atom stereocenters. The summed E-state index contributed by atoms with van der Waals surface area (Å²) in [5.41, 5.74) is 1.87. The molecule has 0 aliphatic heterocycles. The fourth-order valence-electron chi connectivity index (χ4n) is 1.89. The average molecular weight is 298 g/mol. The number of ether oxygens (including phenoxy) is 1. The Labute approximate surface area is 129 Å². The van der Waals surface area contributed by atoms with Gasteiger partial charge in [-0.3, -0.25) is 4.79 Å². The van der Waals surface area contributed by atoms with Crippen molar-refractivity contribution >= 4 is 16.9 Å². The van der Waals surface area contributed by atoms with Gasteiger partial charge in [0.25, 0.3) is 0 Å². The van der Waals surface area contributed by atoms with E-state index in [1.807, 2.05) is 36.4 Å². The van der Waals surface area contributed by atoms with Crippen molar-refractivity contribution in [3.63, 3.8) is 0 Å². The molecule has 108 valence electrons. The molecule has 0 aliphatic carbocycles. The molecular formula is C18H18O2S. The molecule has 0 aromatic heterocycles. The van der Waals surface area contributed by atoms with Crippen molar-refractivity contribution in [1.82, 2.24) is 0 Å². The number of hydrogen-bond acceptors (Lipinski definition) is 3. The first kappa shape index (κ1) is 15.4. The Hall–Kier alpha value is -2.00. The fraction of sp³-hybridized carbons (Fsp3) is 0.167. The van der Waals surface area contributed by atoms with E-state index >= 15 is 0 Å². The molecule has 0 fully saturated rings. The molecule has 0 spiro atoms. The van der Waals surface area contributed by atoms with Crippen molar-refractivity contribution in [2.75, 3.05) is 12.4 Å². The maximum Gasteiger partial charge on any atom is 0.223 e. The molecule has 0 heterocycles. The largest absolute Gasteiger partial charge is 0.489 e. The van der Waals surface area contributed by atoms with Gasteiger partial charge in [0, 0.05) is 5.75 Å². The molecule has 0 amide bonds. The quantitative estimate of drug-likeness (QED) is 0.710. The van der Waals surface area contributed by atoms with Crippen LogP contribution in [0.1, 0.15) is 15.9 Å². The van der Waals surface area contributed by atoms with Gasteiger partial charge in [0.15, 0.2) is 0 Å². The van der Waals surface area contributed by atoms with E-state index in [0.717, 1.165) is 12.2 Å². The summed E-state index contributed by atoms with van der Waals surface area (Å²) in [4.78, 5) is 12.3. The molecule has 0 saturated heterocycles. The first-order chi connectivity index (χ1) is 10.3. The SMILES string of the molecule is C=CCOc1ccccc1C(=O)SCCc1ccccc1. The predicted octanol–water partition coefficient (Wildman–Crippen LogP) is 4.37. The Morgan fingerprint density at radius 1 is 1.10 bits per heavy atom. The van der Waals surface area contributed by atoms with Crippen LogP contribution in [0.25, 0.3) is 0 Å². The van der Waals surface area contributed by atoms with Crippen molar-refractivity contribution in [2.24, 2.45) is 0 Å². The molecule has 3 heteroatoms. The van der Waals surface area contributed by atoms with E-state index in [1.165, 1.54) is 17.3 Å². The van der Waals surface area contributed by atoms with Crippen LogP contribution in [0.4, 0.5) is 0 Å². The third-order valence-electron chi connectivity index (χ3n) is 2.93. The van der Waals surface area contributed by atoms with Gasteiger partial charge in [-0.25, -0.2) is 0 Å². The van der Waals surface area contributed by atoms with E-state index in [1.54, 1.807) is 12.1 Å². The Bertz CT molecular complexity index is 593. The van der Waals surface area contributed by atoms with Gasteiger partial charge < -0.3 is 4.74 Å². The lowest BCUT2D eigenvalue weighted by molar-refractivity contribution is 0.108. The minimum Gasteiger partial charge on any atom is -0.489 e. The molecular weight excluding hydrogens is 280 g/mol. The highest BCUT2D eigenvalue weighted by molar-refractivity contribution is 8.14. The highest BCUT2D eigenvalue weighted by Gasteiger charge is 2.12. The van der Waals surface area contributed by atoms with Crippen LogP contribution < -0.4 is 4.74 Å². The minimum atomic E-state index is 0.0468. The lowest BCUT2D eigenvalue weighted by Crippen LogP contribution is -2.02. The molecule has 0 radical (unpaired) electrons. The second-order valence-corrected chi connectivity index (χ2v) is 5.54. The molecule has 2 aromatic rings. The van der Waals surface area contributed by atoms with Crippen molar-refractivity contribution in [3.05, 3.63) is 78.4 Å². The Balaban J connectivity index is 1.92. The summed E-state index contributed by atoms with van der Waals surface area (Å²) in [6, 6.07) is 17.5. The number of rotatable bonds is 7. The highest BCUT2D eigenvalue weighted by atomic mass is 32.2. The Morgan fingerprint density at radius 2 is 1.81 bits per heavy atom. The van der Waals surface area contributed by atoms with E-state index in [9.17, 15) is 4.79 Å². The summed E-state index contributed by atoms with van der Waals surface area (Å²) in [5, 5.41) is 0.0468. The first-order valence-electron chi connectivity index (χ1n) is 6.85. The lowest BCUT2D eigenvalue weighted by Gasteiger charge is -2.08. The van der Waals surface area contributed by atoms with E-state index in [2.05, 4.69) is 18.7 Å². The van der Waals surface area contributed by atoms with Gasteiger partial charge in [0.05, 0.1) is 5.56 Å². The summed E-state index contributed by atoms with van der Waals surface area (Å²) in [5.74, 6) is 1.38. The van der Waals surface area contributed by atoms with Crippen LogP contribution in [-0.4, -0.2) is 17.5 Å². The molecule has 0 unspecified atom stereocenters. The number of para-hydroxylation sites is 1. The maximum absolute atomic E-state index is 12.3. The van der Waals surface area contributed by atoms with Crippen LogP contribution in [0, 0.1) is 0 Å². The lowest BCUT2D eigenvalue weighted by atomic mass is 10.2. The van der Waals surface area contributed by atoms with Crippen LogP contribution in [0.5, 0.6) is 5.75 Å². The van der Waals surface area contributed by atoms with E-state index in [4.69, 9.17) is 4.74 Å². The van der Waals surface area contributed by atoms with Crippen molar-refractivity contribution in [1.29, 1.82) is 0 Å². The van der Waals surface area contributed by atoms with E-state index in [-0.39, 0.29) is 5.12 Å². The van der Waals surface area contributed by atoms with Gasteiger partial charge in [-0.05, 0) is 24.1 Å². The zero-order valence-electron chi connectivity index (χ0n) is 11.8. The van der Waals surface area contributed by atoms with E-state index < -0.39 is 0 Å². The van der Waals surface area contributed by atoms with Crippen LogP contribution in [-0.2, 0) is 6.42 Å². The van der Waals surface area contributed by atoms with Crippen LogP contribution in [0.15, 0.2) is 67.3 Å². The second kappa shape index (κ2) is 8.32. The predicted molar refractivity (Wildman–Crippen MR) is 89.1 cm³/mol. The van der Waals surface area contributed by atoms with Gasteiger partial charge in [-0.15, -0.1) is 0 Å². The summed E-state index contributed by atoms with van der Waals surface area (Å²) in [6.45, 7) is 4.02. The molecule has 2 rings (SSSR count). The Morgan fingerprint density at radius 3 is 2.57 bits per heavy atom. The van der Waals surface area contributed by atoms with Crippen molar-refractivity contribution in [3.8, 4) is 5.75 Å². The normalized spacial score (nSPS) is 10.1. The van der Waals surface area contributed by atoms with Crippen LogP contribution in [0.3, 0.4) is 0 Å². The molecule has 2 aromatic carbocycles. The molecule has 0 N–H and O–H groups in total. The summed E-state index contributed by atoms with van der Waals surface area (Å²) in [6.07, 6.45) is 2.55. The van der Waals surface area contributed by atoms with Gasteiger partial charge in [0.2, 0.25) is 5.12 Å². The number of benzene rings is 2. The molecule has 0 aliphatic rings. The second-order valence-electron chi connectivity index (χ2n) is 4.47. The Kier molecular flexibility index (Phi) is 6.10. The summed E-state index contributed by atoms with van der Waals surface area (Å²) in [7, 11) is 0. The molecule has 0 bridgehead atoms. The zero-order chi connectivity index (χ0) is 14.9. The maximum atomic E-state index is 12.3. The smallest absolute Gasteiger partial charge is 0.223 e. The number of hydrogen-bond donors (Lipinski definition) is 0. The molecule has 0 saturated carbocycles. The van der Waals surface area contributed by atoms with Crippen LogP contribution in [0.2, 0.25) is 0 Å². The highest BCUT2D eigenvalue weighted by Crippen LogP contribution is 2.23. The zero-order valence-corrected chi connectivity index (χ0v) is 12.6. The summed E-state index contributed by atoms with van der Waals surface area (Å²) < 4.78 is 5.52. The van der Waals surface area contributed by atoms with Gasteiger partial charge in [-0.2, -0.15) is 0 Å². The monoisotopic (exact) mass is 298 g/mol. The van der Waals surface area contributed by atoms with Crippen molar-refractivity contribution < 1.29 is 9.53 Å². The van der Waals surface area contributed by atoms with Crippen molar-refractivity contribution in [2.45, 2.75) is 6.42 Å². The van der Waals surface area contributed by atoms with Gasteiger partial charge in [-0.1, -0.05) is 66.9 Å². The average Bonchev–Trinajstić information content (AvgIpc) is 2.54. The number of aryl methyl sites for hydroxylation is 1. The number of thioether (sulfide) groups is 1. The van der Waals surface area contributed by atoms with E-state index in [0.29, 0.717) is 17.9 Å². The van der Waals surface area contributed by atoms with Crippen LogP contribution >= 0.6 is 11.8 Å². The van der Waals surface area contributed by atoms with Gasteiger partial charge in [0.1, 0.15) is 12.4 Å². The standard InChI is InChI=1S/C18H18O2S/c1-2-13-20-17-11-7-6-10-16(17)18(19)21-14-12-15-8-4-3-5-9-15/h2-11H,1,12-14H2. The third kappa shape index (κ3) is 4.80.